The second-order valence-corrected chi connectivity index (χ2v) is 3.36. The van der Waals surface area contributed by atoms with Gasteiger partial charge in [-0.15, -0.1) is 0 Å². The Hall–Kier alpha value is -0.590. The maximum Gasteiger partial charge on any atom is 0.198 e. The Bertz CT molecular complexity index is 127. The molecule has 0 aliphatic heterocycles. The van der Waals surface area contributed by atoms with Gasteiger partial charge in [0, 0.05) is 6.42 Å². The Morgan fingerprint density at radius 1 is 1.00 bits per heavy atom. The van der Waals surface area contributed by atoms with E-state index in [4.69, 9.17) is 0 Å². The molecule has 0 atom stereocenters. The van der Waals surface area contributed by atoms with E-state index >= 15 is 0 Å². The number of hydrogen-bond donors (Lipinski definition) is 0. The summed E-state index contributed by atoms with van der Waals surface area (Å²) < 4.78 is 0. The van der Waals surface area contributed by atoms with Crippen molar-refractivity contribution in [2.75, 3.05) is 0 Å². The number of hydrogen-bond acceptors (Lipinski definition) is 1. The zero-order chi connectivity index (χ0) is 9.78. The summed E-state index contributed by atoms with van der Waals surface area (Å²) in [5.41, 5.74) is 0. The molecule has 0 aromatic carbocycles. The van der Waals surface area contributed by atoms with Crippen molar-refractivity contribution < 1.29 is 4.79 Å². The highest BCUT2D eigenvalue weighted by molar-refractivity contribution is 5.50. The van der Waals surface area contributed by atoms with Gasteiger partial charge in [-0.3, -0.25) is 4.79 Å². The molecule has 0 N–H and O–H groups in total. The molecule has 0 saturated carbocycles. The summed E-state index contributed by atoms with van der Waals surface area (Å²) in [6.45, 7) is 2.23. The van der Waals surface area contributed by atoms with Gasteiger partial charge in [0.1, 0.15) is 0 Å². The molecule has 75 valence electrons. The molecule has 0 unspecified atom stereocenters. The second-order valence-electron chi connectivity index (χ2n) is 3.36. The predicted octanol–water partition coefficient (Wildman–Crippen LogP) is 3.79. The van der Waals surface area contributed by atoms with Crippen molar-refractivity contribution >= 4 is 6.29 Å². The van der Waals surface area contributed by atoms with E-state index in [0.717, 1.165) is 12.8 Å². The van der Waals surface area contributed by atoms with Crippen LogP contribution in [0.4, 0.5) is 0 Å². The van der Waals surface area contributed by atoms with Gasteiger partial charge in [-0.1, -0.05) is 38.3 Å². The maximum absolute atomic E-state index is 9.86. The largest absolute Gasteiger partial charge is 0.291 e. The van der Waals surface area contributed by atoms with E-state index in [0.29, 0.717) is 6.42 Å². The third-order valence-corrected chi connectivity index (χ3v) is 2.04. The van der Waals surface area contributed by atoms with E-state index in [1.54, 1.807) is 0 Å². The lowest BCUT2D eigenvalue weighted by Crippen LogP contribution is -1.75. The summed E-state index contributed by atoms with van der Waals surface area (Å²) in [6.07, 6.45) is 15.4. The molecular weight excluding hydrogens is 160 g/mol. The summed E-state index contributed by atoms with van der Waals surface area (Å²) in [4.78, 5) is 9.86. The van der Waals surface area contributed by atoms with E-state index in [9.17, 15) is 4.79 Å². The molecule has 0 amide bonds. The molecule has 0 saturated heterocycles. The molecule has 0 rings (SSSR count). The topological polar surface area (TPSA) is 17.1 Å². The zero-order valence-corrected chi connectivity index (χ0v) is 8.72. The number of rotatable bonds is 9. The van der Waals surface area contributed by atoms with Crippen molar-refractivity contribution in [1.82, 2.24) is 0 Å². The Morgan fingerprint density at radius 3 is 2.31 bits per heavy atom. The van der Waals surface area contributed by atoms with Crippen LogP contribution in [0.1, 0.15) is 58.3 Å². The molecule has 0 fully saturated rings. The van der Waals surface area contributed by atoms with Crippen LogP contribution in [0, 0.1) is 0 Å². The minimum atomic E-state index is 0.584. The predicted molar refractivity (Wildman–Crippen MR) is 57.4 cm³/mol. The highest BCUT2D eigenvalue weighted by atomic mass is 16.1. The summed E-state index contributed by atoms with van der Waals surface area (Å²) in [7, 11) is 0. The van der Waals surface area contributed by atoms with Crippen LogP contribution in [0.2, 0.25) is 0 Å². The summed E-state index contributed by atoms with van der Waals surface area (Å²) in [5.74, 6) is 0. The smallest absolute Gasteiger partial charge is 0.198 e. The van der Waals surface area contributed by atoms with Gasteiger partial charge in [0.25, 0.3) is 0 Å². The Morgan fingerprint density at radius 2 is 1.69 bits per heavy atom. The number of carbonyl (C=O) groups excluding carboxylic acids is 1. The first-order valence-electron chi connectivity index (χ1n) is 5.41. The van der Waals surface area contributed by atoms with Crippen LogP contribution < -0.4 is 0 Å². The van der Waals surface area contributed by atoms with Gasteiger partial charge in [-0.2, -0.15) is 0 Å². The lowest BCUT2D eigenvalue weighted by Gasteiger charge is -1.93. The molecule has 1 heteroatoms. The maximum atomic E-state index is 9.86. The van der Waals surface area contributed by atoms with E-state index in [-0.39, 0.29) is 0 Å². The fourth-order valence-corrected chi connectivity index (χ4v) is 1.22. The number of unbranched alkanes of at least 4 members (excludes halogenated alkanes) is 6. The van der Waals surface area contributed by atoms with Crippen LogP contribution in [0.3, 0.4) is 0 Å². The third kappa shape index (κ3) is 11.4. The average molecular weight is 181 g/mol. The molecule has 0 aromatic rings. The van der Waals surface area contributed by atoms with Gasteiger partial charge in [0.05, 0.1) is 0 Å². The fraction of sp³-hybridized carbons (Fsp3) is 0.750. The highest BCUT2D eigenvalue weighted by Crippen LogP contribution is 2.03. The van der Waals surface area contributed by atoms with Crippen LogP contribution in [-0.4, -0.2) is 6.29 Å². The van der Waals surface area contributed by atoms with Crippen molar-refractivity contribution in [3.8, 4) is 0 Å². The van der Waals surface area contributed by atoms with Crippen LogP contribution in [-0.2, 0) is 4.79 Å². The summed E-state index contributed by atoms with van der Waals surface area (Å²) in [5, 5.41) is 0. The van der Waals surface area contributed by atoms with Crippen molar-refractivity contribution in [2.24, 2.45) is 0 Å². The first-order chi connectivity index (χ1) is 6.41. The Balaban J connectivity index is 2.98. The highest BCUT2D eigenvalue weighted by Gasteiger charge is 1.85. The van der Waals surface area contributed by atoms with Gasteiger partial charge >= 0.3 is 0 Å². The molecule has 0 bridgehead atoms. The normalized spacial score (nSPS) is 10.8. The van der Waals surface area contributed by atoms with Gasteiger partial charge in [0.2, 0.25) is 0 Å². The van der Waals surface area contributed by atoms with Gasteiger partial charge in [0.15, 0.2) is 6.29 Å². The van der Waals surface area contributed by atoms with Crippen molar-refractivity contribution in [2.45, 2.75) is 58.3 Å². The molecule has 1 nitrogen and oxygen atoms in total. The molecule has 0 spiro atoms. The first-order valence-corrected chi connectivity index (χ1v) is 5.41. The molecule has 1 radical (unpaired) electrons. The summed E-state index contributed by atoms with van der Waals surface area (Å²) >= 11 is 0. The molecule has 13 heavy (non-hydrogen) atoms. The lowest BCUT2D eigenvalue weighted by molar-refractivity contribution is 0.549. The summed E-state index contributed by atoms with van der Waals surface area (Å²) in [6, 6.07) is 0. The SMILES string of the molecule is CCCCCC/C=C/CCC[C]=O. The first kappa shape index (κ1) is 12.4. The Labute approximate surface area is 82.2 Å². The van der Waals surface area contributed by atoms with Gasteiger partial charge < -0.3 is 0 Å². The van der Waals surface area contributed by atoms with Gasteiger partial charge in [-0.25, -0.2) is 0 Å². The molecule has 0 aromatic heterocycles. The average Bonchev–Trinajstić information content (AvgIpc) is 2.16. The Kier molecular flexibility index (Phi) is 10.9. The van der Waals surface area contributed by atoms with Crippen LogP contribution in [0.15, 0.2) is 12.2 Å². The van der Waals surface area contributed by atoms with E-state index in [1.807, 2.05) is 6.29 Å². The molecular formula is C12H21O. The van der Waals surface area contributed by atoms with E-state index in [1.165, 1.54) is 32.1 Å². The minimum absolute atomic E-state index is 0.584. The molecule has 0 heterocycles. The van der Waals surface area contributed by atoms with Crippen molar-refractivity contribution in [3.05, 3.63) is 12.2 Å². The van der Waals surface area contributed by atoms with Crippen LogP contribution in [0.25, 0.3) is 0 Å². The van der Waals surface area contributed by atoms with E-state index in [2.05, 4.69) is 19.1 Å². The minimum Gasteiger partial charge on any atom is -0.291 e. The van der Waals surface area contributed by atoms with Gasteiger partial charge in [-0.05, 0) is 25.7 Å². The van der Waals surface area contributed by atoms with Crippen LogP contribution >= 0.6 is 0 Å². The zero-order valence-electron chi connectivity index (χ0n) is 8.72. The van der Waals surface area contributed by atoms with E-state index < -0.39 is 0 Å². The van der Waals surface area contributed by atoms with Crippen molar-refractivity contribution in [3.63, 3.8) is 0 Å². The monoisotopic (exact) mass is 181 g/mol. The standard InChI is InChI=1S/C12H21O/c1-2-3-4-5-6-7-8-9-10-11-12-13/h7-8H,2-6,9-11H2,1H3/b8-7+. The number of allylic oxidation sites excluding steroid dienone is 2. The second kappa shape index (κ2) is 11.4. The van der Waals surface area contributed by atoms with Crippen LogP contribution in [0.5, 0.6) is 0 Å². The molecule has 0 aliphatic carbocycles. The fourth-order valence-electron chi connectivity index (χ4n) is 1.22. The molecule has 0 aliphatic rings. The lowest BCUT2D eigenvalue weighted by atomic mass is 10.1. The third-order valence-electron chi connectivity index (χ3n) is 2.04. The van der Waals surface area contributed by atoms with Crippen molar-refractivity contribution in [1.29, 1.82) is 0 Å². The quantitative estimate of drug-likeness (QED) is 0.390.